The lowest BCUT2D eigenvalue weighted by atomic mass is 9.89. The Kier molecular flexibility index (Phi) is 6.28. The van der Waals surface area contributed by atoms with Gasteiger partial charge in [-0.15, -0.1) is 0 Å². The van der Waals surface area contributed by atoms with Crippen LogP contribution in [0.2, 0.25) is 0 Å². The first-order valence-electron chi connectivity index (χ1n) is 17.8. The fourth-order valence-corrected chi connectivity index (χ4v) is 8.48. The van der Waals surface area contributed by atoms with Crippen molar-refractivity contribution in [3.05, 3.63) is 188 Å². The Balaban J connectivity index is 1.26. The van der Waals surface area contributed by atoms with E-state index in [9.17, 15) is 0 Å². The topological polar surface area (TPSA) is 16.4 Å². The first-order valence-corrected chi connectivity index (χ1v) is 17.8. The summed E-state index contributed by atoms with van der Waals surface area (Å²) in [4.78, 5) is 2.41. The molecule has 0 fully saturated rings. The van der Waals surface area contributed by atoms with Crippen molar-refractivity contribution in [1.82, 2.24) is 0 Å². The van der Waals surface area contributed by atoms with E-state index < -0.39 is 0 Å². The molecule has 0 aliphatic heterocycles. The molecular weight excluding hydrogens is 631 g/mol. The molecular formula is C50H31NO. The molecule has 0 aliphatic carbocycles. The lowest BCUT2D eigenvalue weighted by molar-refractivity contribution is 0.669. The Morgan fingerprint density at radius 1 is 0.308 bits per heavy atom. The molecule has 0 saturated carbocycles. The van der Waals surface area contributed by atoms with E-state index in [2.05, 4.69) is 181 Å². The van der Waals surface area contributed by atoms with Crippen LogP contribution in [-0.2, 0) is 0 Å². The van der Waals surface area contributed by atoms with Gasteiger partial charge in [-0.3, -0.25) is 0 Å². The number of furan rings is 1. The summed E-state index contributed by atoms with van der Waals surface area (Å²) >= 11 is 0. The quantitative estimate of drug-likeness (QED) is 0.175. The molecule has 0 atom stereocenters. The average Bonchev–Trinajstić information content (AvgIpc) is 3.58. The van der Waals surface area contributed by atoms with Crippen LogP contribution < -0.4 is 4.90 Å². The molecule has 52 heavy (non-hydrogen) atoms. The van der Waals surface area contributed by atoms with Crippen LogP contribution in [0.1, 0.15) is 0 Å². The van der Waals surface area contributed by atoms with Gasteiger partial charge >= 0.3 is 0 Å². The smallest absolute Gasteiger partial charge is 0.137 e. The number of hydrogen-bond acceptors (Lipinski definition) is 2. The Labute approximate surface area is 300 Å². The maximum atomic E-state index is 6.47. The summed E-state index contributed by atoms with van der Waals surface area (Å²) < 4.78 is 6.47. The minimum absolute atomic E-state index is 0.873. The average molecular weight is 662 g/mol. The molecule has 242 valence electrons. The van der Waals surface area contributed by atoms with Gasteiger partial charge in [0.1, 0.15) is 11.2 Å². The van der Waals surface area contributed by atoms with Crippen LogP contribution in [0, 0.1) is 0 Å². The van der Waals surface area contributed by atoms with Gasteiger partial charge in [-0.05, 0) is 90.6 Å². The van der Waals surface area contributed by atoms with E-state index in [0.717, 1.165) is 39.0 Å². The summed E-state index contributed by atoms with van der Waals surface area (Å²) in [5.74, 6) is 0. The molecule has 11 rings (SSSR count). The summed E-state index contributed by atoms with van der Waals surface area (Å²) in [6.45, 7) is 0. The zero-order valence-electron chi connectivity index (χ0n) is 28.3. The number of para-hydroxylation sites is 1. The third-order valence-corrected chi connectivity index (χ3v) is 10.8. The largest absolute Gasteiger partial charge is 0.456 e. The van der Waals surface area contributed by atoms with Crippen LogP contribution >= 0.6 is 0 Å². The third kappa shape index (κ3) is 4.31. The Morgan fingerprint density at radius 2 is 0.827 bits per heavy atom. The summed E-state index contributed by atoms with van der Waals surface area (Å²) in [6, 6.07) is 68.2. The van der Waals surface area contributed by atoms with Crippen LogP contribution in [0.15, 0.2) is 192 Å². The lowest BCUT2D eigenvalue weighted by Gasteiger charge is -2.28. The van der Waals surface area contributed by atoms with Gasteiger partial charge in [0.05, 0.1) is 5.69 Å². The lowest BCUT2D eigenvalue weighted by Crippen LogP contribution is -2.10. The van der Waals surface area contributed by atoms with E-state index in [1.165, 1.54) is 65.0 Å². The number of anilines is 3. The Morgan fingerprint density at radius 3 is 1.56 bits per heavy atom. The molecule has 1 aromatic heterocycles. The zero-order chi connectivity index (χ0) is 34.2. The molecule has 10 aromatic carbocycles. The SMILES string of the molecule is c1ccc(-c2ccc(N(c3ccc4c(c3)oc3ccccc34)c3cc4cccc5c6ccccc6c6ccccc6c6cccc3c6c45)cc2)cc1. The minimum atomic E-state index is 0.873. The Bertz CT molecular complexity index is 3170. The van der Waals surface area contributed by atoms with E-state index in [0.29, 0.717) is 0 Å². The second-order valence-corrected chi connectivity index (χ2v) is 13.6. The van der Waals surface area contributed by atoms with Crippen molar-refractivity contribution in [3.8, 4) is 11.1 Å². The molecule has 11 aromatic rings. The second-order valence-electron chi connectivity index (χ2n) is 13.6. The van der Waals surface area contributed by atoms with Crippen molar-refractivity contribution in [2.24, 2.45) is 0 Å². The third-order valence-electron chi connectivity index (χ3n) is 10.8. The molecule has 0 amide bonds. The first-order chi connectivity index (χ1) is 25.8. The molecule has 0 N–H and O–H groups in total. The van der Waals surface area contributed by atoms with Crippen LogP contribution in [0.3, 0.4) is 0 Å². The van der Waals surface area contributed by atoms with Crippen molar-refractivity contribution >= 4 is 92.9 Å². The second kappa shape index (κ2) is 11.3. The molecule has 0 spiro atoms. The maximum Gasteiger partial charge on any atom is 0.137 e. The van der Waals surface area contributed by atoms with E-state index >= 15 is 0 Å². The Hall–Kier alpha value is -6.90. The van der Waals surface area contributed by atoms with Crippen molar-refractivity contribution in [2.75, 3.05) is 4.90 Å². The molecule has 2 heteroatoms. The van der Waals surface area contributed by atoms with Crippen LogP contribution in [0.25, 0.3) is 86.9 Å². The van der Waals surface area contributed by atoms with Crippen molar-refractivity contribution in [1.29, 1.82) is 0 Å². The fourth-order valence-electron chi connectivity index (χ4n) is 8.48. The predicted octanol–water partition coefficient (Wildman–Crippen LogP) is 14.5. The van der Waals surface area contributed by atoms with Crippen molar-refractivity contribution in [2.45, 2.75) is 0 Å². The highest BCUT2D eigenvalue weighted by Crippen LogP contribution is 2.47. The van der Waals surface area contributed by atoms with E-state index in [4.69, 9.17) is 4.42 Å². The number of benzene rings is 9. The summed E-state index contributed by atoms with van der Waals surface area (Å²) in [7, 11) is 0. The highest BCUT2D eigenvalue weighted by atomic mass is 16.3. The van der Waals surface area contributed by atoms with Crippen LogP contribution in [0.4, 0.5) is 17.1 Å². The maximum absolute atomic E-state index is 6.47. The van der Waals surface area contributed by atoms with E-state index in [1.54, 1.807) is 0 Å². The molecule has 0 radical (unpaired) electrons. The van der Waals surface area contributed by atoms with E-state index in [-0.39, 0.29) is 0 Å². The predicted molar refractivity (Wildman–Crippen MR) is 221 cm³/mol. The molecule has 0 saturated heterocycles. The summed E-state index contributed by atoms with van der Waals surface area (Å²) in [5.41, 5.74) is 7.40. The van der Waals surface area contributed by atoms with Crippen molar-refractivity contribution < 1.29 is 4.42 Å². The van der Waals surface area contributed by atoms with Gasteiger partial charge in [0, 0.05) is 39.0 Å². The summed E-state index contributed by atoms with van der Waals surface area (Å²) in [5, 5.41) is 14.7. The zero-order valence-corrected chi connectivity index (χ0v) is 28.3. The molecule has 0 bridgehead atoms. The highest BCUT2D eigenvalue weighted by molar-refractivity contribution is 6.34. The van der Waals surface area contributed by atoms with Gasteiger partial charge in [0.15, 0.2) is 0 Å². The van der Waals surface area contributed by atoms with Crippen LogP contribution in [-0.4, -0.2) is 0 Å². The van der Waals surface area contributed by atoms with Gasteiger partial charge in [-0.2, -0.15) is 0 Å². The highest BCUT2D eigenvalue weighted by Gasteiger charge is 2.21. The summed E-state index contributed by atoms with van der Waals surface area (Å²) in [6.07, 6.45) is 0. The number of hydrogen-bond donors (Lipinski definition) is 0. The standard InChI is InChI=1S/C50H31NO/c1-2-12-32(13-3-1)33-24-26-35(27-25-33)51(36-28-29-42-41-19-8-9-23-47(41)52-48(42)31-36)46-30-34-14-10-20-43-39-17-6-4-15-37(39)38-16-5-7-18-40(38)44-21-11-22-45(46)50(44)49(34)43/h1-31H. The molecule has 0 aliphatic rings. The normalized spacial score (nSPS) is 11.8. The molecule has 0 unspecified atom stereocenters. The molecule has 1 heterocycles. The fraction of sp³-hybridized carbons (Fsp3) is 0. The van der Waals surface area contributed by atoms with Gasteiger partial charge < -0.3 is 9.32 Å². The number of nitrogens with zero attached hydrogens (tertiary/aromatic N) is 1. The number of fused-ring (bicyclic) bond motifs is 8. The van der Waals surface area contributed by atoms with Gasteiger partial charge in [-0.1, -0.05) is 146 Å². The number of rotatable bonds is 4. The monoisotopic (exact) mass is 661 g/mol. The van der Waals surface area contributed by atoms with Gasteiger partial charge in [0.2, 0.25) is 0 Å². The van der Waals surface area contributed by atoms with Gasteiger partial charge in [-0.25, -0.2) is 0 Å². The van der Waals surface area contributed by atoms with Crippen molar-refractivity contribution in [3.63, 3.8) is 0 Å². The van der Waals surface area contributed by atoms with Crippen LogP contribution in [0.5, 0.6) is 0 Å². The molecule has 2 nitrogen and oxygen atoms in total. The van der Waals surface area contributed by atoms with E-state index in [1.807, 2.05) is 12.1 Å². The minimum Gasteiger partial charge on any atom is -0.456 e. The van der Waals surface area contributed by atoms with Gasteiger partial charge in [0.25, 0.3) is 0 Å². The first kappa shape index (κ1) is 28.9.